The molecule has 0 aromatic heterocycles. The van der Waals surface area contributed by atoms with E-state index in [-0.39, 0.29) is 17.2 Å². The van der Waals surface area contributed by atoms with E-state index in [4.69, 9.17) is 23.2 Å². The number of amides is 1. The highest BCUT2D eigenvalue weighted by Crippen LogP contribution is 2.26. The molecule has 2 atom stereocenters. The van der Waals surface area contributed by atoms with E-state index < -0.39 is 0 Å². The van der Waals surface area contributed by atoms with Crippen LogP contribution in [-0.2, 0) is 10.5 Å². The van der Waals surface area contributed by atoms with Gasteiger partial charge in [-0.1, -0.05) is 59.6 Å². The molecule has 122 valence electrons. The van der Waals surface area contributed by atoms with Gasteiger partial charge < -0.3 is 5.32 Å². The van der Waals surface area contributed by atoms with Crippen LogP contribution in [0.1, 0.15) is 31.0 Å². The summed E-state index contributed by atoms with van der Waals surface area (Å²) in [5.74, 6) is 0.815. The van der Waals surface area contributed by atoms with E-state index in [1.54, 1.807) is 23.9 Å². The van der Waals surface area contributed by atoms with Crippen LogP contribution in [0.2, 0.25) is 10.0 Å². The second-order valence-corrected chi connectivity index (χ2v) is 7.51. The van der Waals surface area contributed by atoms with Gasteiger partial charge in [-0.15, -0.1) is 11.8 Å². The number of halogens is 2. The van der Waals surface area contributed by atoms with E-state index in [1.165, 1.54) is 5.56 Å². The zero-order valence-corrected chi connectivity index (χ0v) is 15.4. The van der Waals surface area contributed by atoms with E-state index in [9.17, 15) is 4.79 Å². The summed E-state index contributed by atoms with van der Waals surface area (Å²) in [5.41, 5.74) is 2.08. The van der Waals surface area contributed by atoms with Crippen molar-refractivity contribution in [1.82, 2.24) is 5.32 Å². The lowest BCUT2D eigenvalue weighted by atomic mass is 10.1. The van der Waals surface area contributed by atoms with Crippen molar-refractivity contribution in [2.75, 3.05) is 0 Å². The average Bonchev–Trinajstić information content (AvgIpc) is 2.53. The number of carbonyl (C=O) groups excluding carboxylic acids is 1. The summed E-state index contributed by atoms with van der Waals surface area (Å²) in [7, 11) is 0. The topological polar surface area (TPSA) is 29.1 Å². The maximum Gasteiger partial charge on any atom is 0.233 e. The average molecular weight is 368 g/mol. The Bertz CT molecular complexity index is 663. The van der Waals surface area contributed by atoms with Crippen LogP contribution >= 0.6 is 35.0 Å². The first-order valence-corrected chi connectivity index (χ1v) is 9.18. The summed E-state index contributed by atoms with van der Waals surface area (Å²) in [4.78, 5) is 12.3. The second kappa shape index (κ2) is 8.62. The molecule has 0 saturated carbocycles. The van der Waals surface area contributed by atoms with Gasteiger partial charge in [0.1, 0.15) is 0 Å². The number of rotatable bonds is 6. The molecule has 0 saturated heterocycles. The first-order chi connectivity index (χ1) is 11.0. The predicted molar refractivity (Wildman–Crippen MR) is 100 cm³/mol. The lowest BCUT2D eigenvalue weighted by Crippen LogP contribution is -2.33. The van der Waals surface area contributed by atoms with Crippen LogP contribution in [0.5, 0.6) is 0 Å². The minimum Gasteiger partial charge on any atom is -0.349 e. The molecular weight excluding hydrogens is 349 g/mol. The minimum absolute atomic E-state index is 0.00412. The molecule has 0 spiro atoms. The lowest BCUT2D eigenvalue weighted by molar-refractivity contribution is -0.120. The standard InChI is InChI=1S/C18H19Cl2NOS/c1-12(16-9-8-15(19)10-17(16)20)21-18(22)13(2)23-11-14-6-4-3-5-7-14/h3-10,12-13H,11H2,1-2H3,(H,21,22)/t12-,13-/m1/s1. The number of hydrogen-bond donors (Lipinski definition) is 1. The first kappa shape index (κ1) is 18.2. The monoisotopic (exact) mass is 367 g/mol. The van der Waals surface area contributed by atoms with Gasteiger partial charge in [0.15, 0.2) is 0 Å². The van der Waals surface area contributed by atoms with E-state index in [0.717, 1.165) is 11.3 Å². The molecule has 0 aliphatic heterocycles. The maximum atomic E-state index is 12.3. The third kappa shape index (κ3) is 5.45. The van der Waals surface area contributed by atoms with Crippen molar-refractivity contribution in [3.05, 3.63) is 69.7 Å². The van der Waals surface area contributed by atoms with Crippen molar-refractivity contribution in [2.45, 2.75) is 30.9 Å². The highest BCUT2D eigenvalue weighted by Gasteiger charge is 2.18. The fourth-order valence-electron chi connectivity index (χ4n) is 2.13. The van der Waals surface area contributed by atoms with Gasteiger partial charge in [0.2, 0.25) is 5.91 Å². The molecule has 5 heteroatoms. The largest absolute Gasteiger partial charge is 0.349 e. The lowest BCUT2D eigenvalue weighted by Gasteiger charge is -2.19. The van der Waals surface area contributed by atoms with Crippen molar-refractivity contribution in [3.63, 3.8) is 0 Å². The molecular formula is C18H19Cl2NOS. The summed E-state index contributed by atoms with van der Waals surface area (Å²) in [6.07, 6.45) is 0. The Hall–Kier alpha value is -1.16. The molecule has 0 aliphatic carbocycles. The molecule has 2 nitrogen and oxygen atoms in total. The first-order valence-electron chi connectivity index (χ1n) is 7.38. The van der Waals surface area contributed by atoms with Crippen molar-refractivity contribution < 1.29 is 4.79 Å². The molecule has 0 fully saturated rings. The highest BCUT2D eigenvalue weighted by atomic mass is 35.5. The Morgan fingerprint density at radius 2 is 1.83 bits per heavy atom. The Kier molecular flexibility index (Phi) is 6.82. The molecule has 0 aliphatic rings. The number of hydrogen-bond acceptors (Lipinski definition) is 2. The highest BCUT2D eigenvalue weighted by molar-refractivity contribution is 7.99. The summed E-state index contributed by atoms with van der Waals surface area (Å²) in [6, 6.07) is 15.3. The second-order valence-electron chi connectivity index (χ2n) is 5.33. The van der Waals surface area contributed by atoms with E-state index in [1.807, 2.05) is 38.1 Å². The fourth-order valence-corrected chi connectivity index (χ4v) is 3.56. The molecule has 2 aromatic rings. The molecule has 2 aromatic carbocycles. The fraction of sp³-hybridized carbons (Fsp3) is 0.278. The summed E-state index contributed by atoms with van der Waals surface area (Å²) < 4.78 is 0. The molecule has 0 radical (unpaired) electrons. The van der Waals surface area contributed by atoms with Crippen LogP contribution in [0.4, 0.5) is 0 Å². The van der Waals surface area contributed by atoms with E-state index in [0.29, 0.717) is 10.0 Å². The zero-order chi connectivity index (χ0) is 16.8. The Labute approximate surface area is 151 Å². The van der Waals surface area contributed by atoms with Crippen molar-refractivity contribution >= 4 is 40.9 Å². The smallest absolute Gasteiger partial charge is 0.233 e. The quantitative estimate of drug-likeness (QED) is 0.730. The number of benzene rings is 2. The van der Waals surface area contributed by atoms with Gasteiger partial charge >= 0.3 is 0 Å². The normalized spacial score (nSPS) is 13.4. The van der Waals surface area contributed by atoms with Gasteiger partial charge in [-0.2, -0.15) is 0 Å². The Morgan fingerprint density at radius 3 is 2.48 bits per heavy atom. The molecule has 0 unspecified atom stereocenters. The molecule has 1 amide bonds. The maximum absolute atomic E-state index is 12.3. The zero-order valence-electron chi connectivity index (χ0n) is 13.1. The Balaban J connectivity index is 1.89. The van der Waals surface area contributed by atoms with Crippen LogP contribution < -0.4 is 5.32 Å². The van der Waals surface area contributed by atoms with Gasteiger partial charge in [-0.3, -0.25) is 4.79 Å². The van der Waals surface area contributed by atoms with Crippen molar-refractivity contribution in [3.8, 4) is 0 Å². The number of nitrogens with one attached hydrogen (secondary N) is 1. The third-order valence-corrected chi connectivity index (χ3v) is 5.28. The van der Waals surface area contributed by atoms with Crippen LogP contribution in [0.3, 0.4) is 0 Å². The molecule has 23 heavy (non-hydrogen) atoms. The minimum atomic E-state index is -0.160. The molecule has 0 heterocycles. The third-order valence-electron chi connectivity index (χ3n) is 3.50. The van der Waals surface area contributed by atoms with E-state index in [2.05, 4.69) is 17.4 Å². The number of carbonyl (C=O) groups is 1. The van der Waals surface area contributed by atoms with E-state index >= 15 is 0 Å². The van der Waals surface area contributed by atoms with Gasteiger partial charge in [0.25, 0.3) is 0 Å². The van der Waals surface area contributed by atoms with Gasteiger partial charge in [-0.05, 0) is 37.1 Å². The summed E-state index contributed by atoms with van der Waals surface area (Å²) in [5, 5.41) is 4.02. The molecule has 1 N–H and O–H groups in total. The van der Waals surface area contributed by atoms with Crippen LogP contribution in [0.25, 0.3) is 0 Å². The SMILES string of the molecule is C[C@@H](SCc1ccccc1)C(=O)N[C@H](C)c1ccc(Cl)cc1Cl. The predicted octanol–water partition coefficient (Wildman–Crippen LogP) is 5.49. The molecule has 2 rings (SSSR count). The van der Waals surface area contributed by atoms with Gasteiger partial charge in [0.05, 0.1) is 11.3 Å². The number of thioether (sulfide) groups is 1. The van der Waals surface area contributed by atoms with Crippen LogP contribution in [0, 0.1) is 0 Å². The van der Waals surface area contributed by atoms with Crippen LogP contribution in [0.15, 0.2) is 48.5 Å². The van der Waals surface area contributed by atoms with Crippen molar-refractivity contribution in [2.24, 2.45) is 0 Å². The summed E-state index contributed by atoms with van der Waals surface area (Å²) in [6.45, 7) is 3.83. The summed E-state index contributed by atoms with van der Waals surface area (Å²) >= 11 is 13.7. The molecule has 0 bridgehead atoms. The van der Waals surface area contributed by atoms with Gasteiger partial charge in [-0.25, -0.2) is 0 Å². The van der Waals surface area contributed by atoms with Crippen LogP contribution in [-0.4, -0.2) is 11.2 Å². The Morgan fingerprint density at radius 1 is 1.13 bits per heavy atom. The van der Waals surface area contributed by atoms with Gasteiger partial charge in [0, 0.05) is 15.8 Å². The van der Waals surface area contributed by atoms with Crippen molar-refractivity contribution in [1.29, 1.82) is 0 Å².